The van der Waals surface area contributed by atoms with E-state index in [1.54, 1.807) is 6.07 Å². The molecule has 1 aromatic heterocycles. The average Bonchev–Trinajstić information content (AvgIpc) is 2.30. The van der Waals surface area contributed by atoms with E-state index in [1.165, 1.54) is 18.2 Å². The number of phenolic OH excluding ortho intramolecular Hbond substituents is 1. The van der Waals surface area contributed by atoms with Crippen LogP contribution in [0.1, 0.15) is 13.8 Å². The maximum Gasteiger partial charge on any atom is 0.336 e. The molecule has 2 aromatic rings. The minimum Gasteiger partial charge on any atom is -0.504 e. The fourth-order valence-electron chi connectivity index (χ4n) is 1.50. The second-order valence-corrected chi connectivity index (χ2v) is 4.20. The lowest BCUT2D eigenvalue weighted by molar-refractivity contribution is 0.335. The Labute approximate surface area is 104 Å². The van der Waals surface area contributed by atoms with E-state index in [2.05, 4.69) is 0 Å². The van der Waals surface area contributed by atoms with Crippen LogP contribution in [0.5, 0.6) is 11.5 Å². The Morgan fingerprint density at radius 3 is 2.89 bits per heavy atom. The standard InChI is InChI=1S/C14H14O4/c1-9(2)5-6-17-13-8-12-10(7-11(13)15)3-4-14(16)18-12/h3-5,7-8,15H,6H2,1-2H3. The predicted octanol–water partition coefficient (Wildman–Crippen LogP) is 2.84. The van der Waals surface area contributed by atoms with Crippen LogP contribution in [0.4, 0.5) is 0 Å². The second kappa shape index (κ2) is 4.96. The number of fused-ring (bicyclic) bond motifs is 1. The van der Waals surface area contributed by atoms with Crippen molar-refractivity contribution in [2.24, 2.45) is 0 Å². The number of allylic oxidation sites excluding steroid dienone is 1. The first-order valence-electron chi connectivity index (χ1n) is 5.59. The van der Waals surface area contributed by atoms with Gasteiger partial charge in [0, 0.05) is 17.5 Å². The lowest BCUT2D eigenvalue weighted by atomic mass is 10.2. The van der Waals surface area contributed by atoms with Gasteiger partial charge in [-0.1, -0.05) is 5.57 Å². The smallest absolute Gasteiger partial charge is 0.336 e. The Balaban J connectivity index is 2.36. The minimum absolute atomic E-state index is 0.0264. The first kappa shape index (κ1) is 12.2. The van der Waals surface area contributed by atoms with Crippen molar-refractivity contribution in [3.8, 4) is 11.5 Å². The third kappa shape index (κ3) is 2.71. The van der Waals surface area contributed by atoms with Gasteiger partial charge in [0.05, 0.1) is 0 Å². The van der Waals surface area contributed by atoms with E-state index >= 15 is 0 Å². The lowest BCUT2D eigenvalue weighted by Crippen LogP contribution is -1.97. The number of hydrogen-bond donors (Lipinski definition) is 1. The first-order valence-corrected chi connectivity index (χ1v) is 5.59. The molecule has 2 rings (SSSR count). The van der Waals surface area contributed by atoms with Gasteiger partial charge in [-0.25, -0.2) is 4.79 Å². The van der Waals surface area contributed by atoms with Crippen LogP contribution in [-0.4, -0.2) is 11.7 Å². The zero-order valence-electron chi connectivity index (χ0n) is 10.3. The van der Waals surface area contributed by atoms with Gasteiger partial charge in [0.2, 0.25) is 0 Å². The monoisotopic (exact) mass is 246 g/mol. The number of phenols is 1. The largest absolute Gasteiger partial charge is 0.504 e. The molecule has 0 aliphatic heterocycles. The van der Waals surface area contributed by atoms with Crippen molar-refractivity contribution in [1.82, 2.24) is 0 Å². The third-order valence-electron chi connectivity index (χ3n) is 2.43. The maximum atomic E-state index is 11.1. The lowest BCUT2D eigenvalue weighted by Gasteiger charge is -2.07. The SMILES string of the molecule is CC(C)=CCOc1cc2oc(=O)ccc2cc1O. The molecule has 4 nitrogen and oxygen atoms in total. The molecular weight excluding hydrogens is 232 g/mol. The summed E-state index contributed by atoms with van der Waals surface area (Å²) in [7, 11) is 0. The molecule has 4 heteroatoms. The van der Waals surface area contributed by atoms with Crippen molar-refractivity contribution in [2.75, 3.05) is 6.61 Å². The number of ether oxygens (including phenoxy) is 1. The van der Waals surface area contributed by atoms with Gasteiger partial charge in [0.15, 0.2) is 11.5 Å². The predicted molar refractivity (Wildman–Crippen MR) is 69.1 cm³/mol. The highest BCUT2D eigenvalue weighted by molar-refractivity contribution is 5.80. The van der Waals surface area contributed by atoms with Crippen LogP contribution in [0.2, 0.25) is 0 Å². The zero-order valence-corrected chi connectivity index (χ0v) is 10.3. The number of aromatic hydroxyl groups is 1. The summed E-state index contributed by atoms with van der Waals surface area (Å²) in [6.07, 6.45) is 1.89. The molecule has 0 saturated heterocycles. The van der Waals surface area contributed by atoms with Crippen molar-refractivity contribution in [3.05, 3.63) is 46.3 Å². The van der Waals surface area contributed by atoms with Gasteiger partial charge in [-0.05, 0) is 32.1 Å². The summed E-state index contributed by atoms with van der Waals surface area (Å²) in [5, 5.41) is 10.4. The molecule has 0 amide bonds. The van der Waals surface area contributed by atoms with Crippen LogP contribution >= 0.6 is 0 Å². The topological polar surface area (TPSA) is 59.7 Å². The van der Waals surface area contributed by atoms with Gasteiger partial charge in [-0.3, -0.25) is 0 Å². The molecule has 0 saturated carbocycles. The van der Waals surface area contributed by atoms with E-state index < -0.39 is 5.63 Å². The molecule has 1 heterocycles. The molecule has 1 aromatic carbocycles. The summed E-state index contributed by atoms with van der Waals surface area (Å²) >= 11 is 0. The average molecular weight is 246 g/mol. The number of hydrogen-bond acceptors (Lipinski definition) is 4. The van der Waals surface area contributed by atoms with Gasteiger partial charge in [-0.2, -0.15) is 0 Å². The maximum absolute atomic E-state index is 11.1. The minimum atomic E-state index is -0.427. The molecule has 0 aliphatic carbocycles. The Bertz CT molecular complexity index is 648. The number of rotatable bonds is 3. The van der Waals surface area contributed by atoms with E-state index in [1.807, 2.05) is 19.9 Å². The van der Waals surface area contributed by atoms with Crippen molar-refractivity contribution < 1.29 is 14.3 Å². The van der Waals surface area contributed by atoms with Gasteiger partial charge in [-0.15, -0.1) is 0 Å². The Kier molecular flexibility index (Phi) is 3.37. The summed E-state index contributed by atoms with van der Waals surface area (Å²) in [4.78, 5) is 11.1. The van der Waals surface area contributed by atoms with Crippen molar-refractivity contribution in [3.63, 3.8) is 0 Å². The Hall–Kier alpha value is -2.23. The summed E-state index contributed by atoms with van der Waals surface area (Å²) in [5.74, 6) is 0.327. The van der Waals surface area contributed by atoms with Crippen LogP contribution in [0, 0.1) is 0 Å². The first-order chi connectivity index (χ1) is 8.56. The molecule has 0 aliphatic rings. The highest BCUT2D eigenvalue weighted by Crippen LogP contribution is 2.30. The van der Waals surface area contributed by atoms with Crippen molar-refractivity contribution in [1.29, 1.82) is 0 Å². The third-order valence-corrected chi connectivity index (χ3v) is 2.43. The quantitative estimate of drug-likeness (QED) is 0.668. The summed E-state index contributed by atoms with van der Waals surface area (Å²) in [5.41, 5.74) is 1.10. The van der Waals surface area contributed by atoms with Crippen LogP contribution in [0.3, 0.4) is 0 Å². The molecule has 0 fully saturated rings. The Morgan fingerprint density at radius 1 is 1.39 bits per heavy atom. The zero-order chi connectivity index (χ0) is 13.1. The second-order valence-electron chi connectivity index (χ2n) is 4.20. The van der Waals surface area contributed by atoms with Crippen molar-refractivity contribution >= 4 is 11.0 Å². The molecule has 18 heavy (non-hydrogen) atoms. The highest BCUT2D eigenvalue weighted by Gasteiger charge is 2.06. The Morgan fingerprint density at radius 2 is 2.17 bits per heavy atom. The molecule has 0 spiro atoms. The highest BCUT2D eigenvalue weighted by atomic mass is 16.5. The van der Waals surface area contributed by atoms with Gasteiger partial charge >= 0.3 is 5.63 Å². The molecular formula is C14H14O4. The van der Waals surface area contributed by atoms with Crippen LogP contribution in [-0.2, 0) is 0 Å². The van der Waals surface area contributed by atoms with Gasteiger partial charge in [0.25, 0.3) is 0 Å². The molecule has 94 valence electrons. The van der Waals surface area contributed by atoms with E-state index in [9.17, 15) is 9.90 Å². The van der Waals surface area contributed by atoms with Gasteiger partial charge in [0.1, 0.15) is 12.2 Å². The normalized spacial score (nSPS) is 10.3. The molecule has 0 radical (unpaired) electrons. The molecule has 0 bridgehead atoms. The fraction of sp³-hybridized carbons (Fsp3) is 0.214. The van der Waals surface area contributed by atoms with E-state index in [0.29, 0.717) is 23.3 Å². The summed E-state index contributed by atoms with van der Waals surface area (Å²) < 4.78 is 10.4. The fourth-order valence-corrected chi connectivity index (χ4v) is 1.50. The molecule has 0 atom stereocenters. The van der Waals surface area contributed by atoms with E-state index in [4.69, 9.17) is 9.15 Å². The number of benzene rings is 1. The van der Waals surface area contributed by atoms with Crippen LogP contribution < -0.4 is 10.4 Å². The van der Waals surface area contributed by atoms with E-state index in [0.717, 1.165) is 5.57 Å². The van der Waals surface area contributed by atoms with Crippen LogP contribution in [0.25, 0.3) is 11.0 Å². The van der Waals surface area contributed by atoms with Crippen molar-refractivity contribution in [2.45, 2.75) is 13.8 Å². The van der Waals surface area contributed by atoms with E-state index in [-0.39, 0.29) is 5.75 Å². The molecule has 1 N–H and O–H groups in total. The van der Waals surface area contributed by atoms with Gasteiger partial charge < -0.3 is 14.3 Å². The summed E-state index contributed by atoms with van der Waals surface area (Å²) in [6.45, 7) is 4.28. The summed E-state index contributed by atoms with van der Waals surface area (Å²) in [6, 6.07) is 5.94. The van der Waals surface area contributed by atoms with Crippen LogP contribution in [0.15, 0.2) is 45.1 Å². The molecule has 0 unspecified atom stereocenters.